The van der Waals surface area contributed by atoms with E-state index in [1.807, 2.05) is 41.5 Å². The van der Waals surface area contributed by atoms with Crippen LogP contribution in [-0.2, 0) is 15.7 Å². The van der Waals surface area contributed by atoms with E-state index in [4.69, 9.17) is 4.74 Å². The first kappa shape index (κ1) is 19.1. The Labute approximate surface area is 137 Å². The number of likely N-dealkylation sites (tertiary alicyclic amines) is 1. The molecule has 0 spiro atoms. The molecule has 1 amide bonds. The minimum atomic E-state index is -1.18. The molecule has 0 aliphatic carbocycles. The third kappa shape index (κ3) is 6.90. The molecule has 1 rings (SSSR count). The van der Waals surface area contributed by atoms with E-state index in [0.717, 1.165) is 32.4 Å². The second-order valence-corrected chi connectivity index (χ2v) is 9.74. The number of rotatable bonds is 4. The van der Waals surface area contributed by atoms with E-state index in [1.54, 1.807) is 11.1 Å². The maximum absolute atomic E-state index is 12.0. The molecule has 22 heavy (non-hydrogen) atoms. The fourth-order valence-electron chi connectivity index (χ4n) is 2.15. The molecule has 1 unspecified atom stereocenters. The lowest BCUT2D eigenvalue weighted by atomic mass is 10.0. The van der Waals surface area contributed by atoms with E-state index in [0.29, 0.717) is 5.92 Å². The van der Waals surface area contributed by atoms with E-state index in [1.165, 1.54) is 0 Å². The fourth-order valence-corrected chi connectivity index (χ4v) is 2.71. The highest BCUT2D eigenvalue weighted by Gasteiger charge is 2.29. The summed E-state index contributed by atoms with van der Waals surface area (Å²) in [6, 6.07) is 0. The molecule has 0 saturated carbocycles. The molecule has 1 saturated heterocycles. The first-order valence-corrected chi connectivity index (χ1v) is 9.02. The molecule has 1 heterocycles. The van der Waals surface area contributed by atoms with Gasteiger partial charge in [0.25, 0.3) is 0 Å². The van der Waals surface area contributed by atoms with Crippen LogP contribution in [0.2, 0.25) is 0 Å². The van der Waals surface area contributed by atoms with Crippen molar-refractivity contribution in [3.05, 3.63) is 0 Å². The predicted molar refractivity (Wildman–Crippen MR) is 91.5 cm³/mol. The minimum absolute atomic E-state index is 0.225. The van der Waals surface area contributed by atoms with Crippen LogP contribution in [0.3, 0.4) is 0 Å². The lowest BCUT2D eigenvalue weighted by molar-refractivity contribution is 0.0288. The summed E-state index contributed by atoms with van der Waals surface area (Å²) in [5, 5.41) is 0. The quantitative estimate of drug-likeness (QED) is 0.741. The lowest BCUT2D eigenvalue weighted by Crippen LogP contribution is -2.35. The van der Waals surface area contributed by atoms with Gasteiger partial charge in [-0.15, -0.1) is 0 Å². The van der Waals surface area contributed by atoms with Crippen LogP contribution < -0.4 is 0 Å². The SMILES string of the molecule is CC(C)(C)OC(=O)N1CC[C@H](CCC=NS(=O)C(C)(C)C)C1. The van der Waals surface area contributed by atoms with Crippen LogP contribution in [-0.4, -0.2) is 44.9 Å². The van der Waals surface area contributed by atoms with Crippen LogP contribution in [0.5, 0.6) is 0 Å². The zero-order valence-electron chi connectivity index (χ0n) is 14.7. The molecular weight excluding hydrogens is 300 g/mol. The molecular formula is C16H30N2O3S. The van der Waals surface area contributed by atoms with Gasteiger partial charge in [0, 0.05) is 19.3 Å². The summed E-state index contributed by atoms with van der Waals surface area (Å²) in [7, 11) is -1.18. The summed E-state index contributed by atoms with van der Waals surface area (Å²) in [5.74, 6) is 0.474. The second-order valence-electron chi connectivity index (χ2n) is 7.81. The summed E-state index contributed by atoms with van der Waals surface area (Å²) >= 11 is 0. The van der Waals surface area contributed by atoms with Crippen molar-refractivity contribution in [2.24, 2.45) is 10.3 Å². The first-order chi connectivity index (χ1) is 9.99. The molecule has 1 aliphatic rings. The van der Waals surface area contributed by atoms with Crippen LogP contribution in [0.15, 0.2) is 4.40 Å². The van der Waals surface area contributed by atoms with Crippen molar-refractivity contribution in [3.63, 3.8) is 0 Å². The molecule has 0 aromatic carbocycles. The van der Waals surface area contributed by atoms with Gasteiger partial charge >= 0.3 is 6.09 Å². The smallest absolute Gasteiger partial charge is 0.410 e. The Balaban J connectivity index is 2.32. The van der Waals surface area contributed by atoms with Crippen molar-refractivity contribution < 1.29 is 13.7 Å². The Hall–Kier alpha value is -0.910. The Bertz CT molecular complexity index is 436. The van der Waals surface area contributed by atoms with Crippen molar-refractivity contribution >= 4 is 23.3 Å². The van der Waals surface area contributed by atoms with Crippen molar-refractivity contribution in [2.75, 3.05) is 13.1 Å². The predicted octanol–water partition coefficient (Wildman–Crippen LogP) is 3.56. The Kier molecular flexibility index (Phi) is 6.59. The van der Waals surface area contributed by atoms with Crippen LogP contribution in [0.1, 0.15) is 60.8 Å². The molecule has 5 nitrogen and oxygen atoms in total. The molecule has 0 bridgehead atoms. The van der Waals surface area contributed by atoms with Gasteiger partial charge in [-0.05, 0) is 66.7 Å². The van der Waals surface area contributed by atoms with Crippen LogP contribution in [0.4, 0.5) is 4.79 Å². The highest BCUT2D eigenvalue weighted by molar-refractivity contribution is 7.85. The van der Waals surface area contributed by atoms with Crippen molar-refractivity contribution in [1.29, 1.82) is 0 Å². The molecule has 128 valence electrons. The molecule has 1 aliphatic heterocycles. The summed E-state index contributed by atoms with van der Waals surface area (Å²) in [5.41, 5.74) is -0.446. The normalized spacial score (nSPS) is 21.4. The monoisotopic (exact) mass is 330 g/mol. The first-order valence-electron chi connectivity index (χ1n) is 7.91. The van der Waals surface area contributed by atoms with Crippen molar-refractivity contribution in [1.82, 2.24) is 4.90 Å². The summed E-state index contributed by atoms with van der Waals surface area (Å²) in [4.78, 5) is 13.8. The zero-order valence-corrected chi connectivity index (χ0v) is 15.5. The maximum atomic E-state index is 12.0. The van der Waals surface area contributed by atoms with E-state index < -0.39 is 16.6 Å². The molecule has 0 radical (unpaired) electrons. The average Bonchev–Trinajstić information content (AvgIpc) is 2.79. The van der Waals surface area contributed by atoms with Crippen LogP contribution in [0.25, 0.3) is 0 Å². The van der Waals surface area contributed by atoms with Crippen LogP contribution >= 0.6 is 0 Å². The standard InChI is InChI=1S/C16H30N2O3S/c1-15(2,3)21-14(19)18-11-9-13(12-18)8-7-10-17-22(20)16(4,5)6/h10,13H,7-9,11-12H2,1-6H3/t13-,22?/m0/s1. The van der Waals surface area contributed by atoms with Gasteiger partial charge in [-0.2, -0.15) is 4.40 Å². The largest absolute Gasteiger partial charge is 0.444 e. The van der Waals surface area contributed by atoms with Crippen molar-refractivity contribution in [2.45, 2.75) is 71.2 Å². The van der Waals surface area contributed by atoms with Gasteiger partial charge in [-0.1, -0.05) is 0 Å². The lowest BCUT2D eigenvalue weighted by Gasteiger charge is -2.24. The molecule has 1 fully saturated rings. The maximum Gasteiger partial charge on any atom is 0.410 e. The van der Waals surface area contributed by atoms with Gasteiger partial charge < -0.3 is 9.64 Å². The molecule has 2 atom stereocenters. The number of hydrogen-bond donors (Lipinski definition) is 0. The van der Waals surface area contributed by atoms with Gasteiger partial charge in [0.15, 0.2) is 0 Å². The van der Waals surface area contributed by atoms with E-state index >= 15 is 0 Å². The minimum Gasteiger partial charge on any atom is -0.444 e. The number of hydrogen-bond acceptors (Lipinski definition) is 3. The second kappa shape index (κ2) is 7.57. The molecule has 0 aromatic heterocycles. The van der Waals surface area contributed by atoms with E-state index in [2.05, 4.69) is 4.40 Å². The summed E-state index contributed by atoms with van der Waals surface area (Å²) < 4.78 is 21.0. The van der Waals surface area contributed by atoms with Crippen LogP contribution in [0, 0.1) is 5.92 Å². The molecule has 0 N–H and O–H groups in total. The number of nitrogens with zero attached hydrogens (tertiary/aromatic N) is 2. The zero-order chi connectivity index (χ0) is 17.0. The highest BCUT2D eigenvalue weighted by Crippen LogP contribution is 2.22. The molecule has 6 heteroatoms. The number of amides is 1. The Morgan fingerprint density at radius 3 is 2.50 bits per heavy atom. The third-order valence-corrected chi connectivity index (χ3v) is 4.72. The fraction of sp³-hybridized carbons (Fsp3) is 0.875. The molecule has 0 aromatic rings. The Morgan fingerprint density at radius 1 is 1.32 bits per heavy atom. The Morgan fingerprint density at radius 2 is 1.95 bits per heavy atom. The topological polar surface area (TPSA) is 59.0 Å². The highest BCUT2D eigenvalue weighted by atomic mass is 32.2. The van der Waals surface area contributed by atoms with Gasteiger partial charge in [0.1, 0.15) is 16.6 Å². The van der Waals surface area contributed by atoms with E-state index in [-0.39, 0.29) is 10.8 Å². The van der Waals surface area contributed by atoms with Gasteiger partial charge in [0.2, 0.25) is 0 Å². The number of carbonyl (C=O) groups is 1. The number of carbonyl (C=O) groups excluding carboxylic acids is 1. The summed E-state index contributed by atoms with van der Waals surface area (Å²) in [6.45, 7) is 12.9. The third-order valence-electron chi connectivity index (χ3n) is 3.34. The number of ether oxygens (including phenoxy) is 1. The van der Waals surface area contributed by atoms with E-state index in [9.17, 15) is 9.00 Å². The van der Waals surface area contributed by atoms with Gasteiger partial charge in [-0.25, -0.2) is 9.00 Å². The summed E-state index contributed by atoms with van der Waals surface area (Å²) in [6.07, 6.45) is 4.30. The van der Waals surface area contributed by atoms with Gasteiger partial charge in [0.05, 0.1) is 4.75 Å². The van der Waals surface area contributed by atoms with Gasteiger partial charge in [-0.3, -0.25) is 0 Å². The van der Waals surface area contributed by atoms with Crippen molar-refractivity contribution in [3.8, 4) is 0 Å². The average molecular weight is 330 g/mol.